The van der Waals surface area contributed by atoms with Gasteiger partial charge < -0.3 is 15.5 Å². The lowest BCUT2D eigenvalue weighted by Gasteiger charge is -2.34. The van der Waals surface area contributed by atoms with E-state index in [1.807, 2.05) is 4.90 Å². The largest absolute Gasteiger partial charge is 0.417 e. The van der Waals surface area contributed by atoms with Crippen LogP contribution in [-0.4, -0.2) is 43.6 Å². The van der Waals surface area contributed by atoms with Crippen molar-refractivity contribution in [1.82, 2.24) is 15.6 Å². The van der Waals surface area contributed by atoms with Gasteiger partial charge in [0.1, 0.15) is 5.82 Å². The topological polar surface area (TPSA) is 57.3 Å². The van der Waals surface area contributed by atoms with Crippen molar-refractivity contribution in [2.45, 2.75) is 25.1 Å². The minimum Gasteiger partial charge on any atom is -0.355 e. The normalized spacial score (nSPS) is 19.1. The van der Waals surface area contributed by atoms with E-state index < -0.39 is 11.7 Å². The van der Waals surface area contributed by atoms with Crippen LogP contribution < -0.4 is 15.5 Å². The molecule has 5 nitrogen and oxygen atoms in total. The van der Waals surface area contributed by atoms with Crippen molar-refractivity contribution in [2.75, 3.05) is 31.6 Å². The number of carbonyl (C=O) groups is 1. The van der Waals surface area contributed by atoms with E-state index in [1.165, 1.54) is 6.07 Å². The summed E-state index contributed by atoms with van der Waals surface area (Å²) >= 11 is 0. The molecule has 1 aromatic heterocycles. The number of nitrogens with zero attached hydrogens (tertiary/aromatic N) is 2. The van der Waals surface area contributed by atoms with Gasteiger partial charge in [-0.2, -0.15) is 13.2 Å². The number of aromatic nitrogens is 1. The zero-order valence-electron chi connectivity index (χ0n) is 12.3. The number of anilines is 1. The van der Waals surface area contributed by atoms with Crippen molar-refractivity contribution in [2.24, 2.45) is 0 Å². The van der Waals surface area contributed by atoms with Gasteiger partial charge in [0, 0.05) is 25.3 Å². The summed E-state index contributed by atoms with van der Waals surface area (Å²) < 4.78 is 37.6. The second kappa shape index (κ2) is 6.95. The average Bonchev–Trinajstić information content (AvgIpc) is 2.47. The Bertz CT molecular complexity index is 504. The van der Waals surface area contributed by atoms with Gasteiger partial charge in [-0.15, -0.1) is 0 Å². The number of halogens is 3. The number of pyridine rings is 1. The molecule has 1 aromatic rings. The number of likely N-dealkylation sites (N-methyl/N-ethyl adjacent to an activating group) is 1. The third-order valence-electron chi connectivity index (χ3n) is 3.52. The molecule has 0 unspecified atom stereocenters. The number of hydrogen-bond donors (Lipinski definition) is 2. The van der Waals surface area contributed by atoms with Gasteiger partial charge in [-0.25, -0.2) is 4.98 Å². The summed E-state index contributed by atoms with van der Waals surface area (Å²) in [6.07, 6.45) is -1.82. The monoisotopic (exact) mass is 316 g/mol. The van der Waals surface area contributed by atoms with Crippen LogP contribution in [0.15, 0.2) is 18.3 Å². The number of nitrogens with one attached hydrogen (secondary N) is 2. The van der Waals surface area contributed by atoms with E-state index in [0.29, 0.717) is 12.4 Å². The molecule has 0 aromatic carbocycles. The molecule has 2 heterocycles. The maximum absolute atomic E-state index is 12.5. The summed E-state index contributed by atoms with van der Waals surface area (Å²) in [6, 6.07) is 2.39. The molecule has 2 N–H and O–H groups in total. The first kappa shape index (κ1) is 16.5. The molecule has 0 saturated carbocycles. The van der Waals surface area contributed by atoms with Crippen LogP contribution in [-0.2, 0) is 11.0 Å². The predicted molar refractivity (Wildman–Crippen MR) is 76.5 cm³/mol. The Morgan fingerprint density at radius 3 is 2.82 bits per heavy atom. The average molecular weight is 316 g/mol. The van der Waals surface area contributed by atoms with Crippen LogP contribution in [0.4, 0.5) is 19.0 Å². The number of rotatable bonds is 4. The molecule has 1 saturated heterocycles. The first-order valence-corrected chi connectivity index (χ1v) is 7.12. The first-order chi connectivity index (χ1) is 10.4. The van der Waals surface area contributed by atoms with Gasteiger partial charge in [-0.1, -0.05) is 0 Å². The highest BCUT2D eigenvalue weighted by Gasteiger charge is 2.31. The molecule has 1 fully saturated rings. The summed E-state index contributed by atoms with van der Waals surface area (Å²) in [5.74, 6) is 0.412. The molecule has 2 rings (SSSR count). The van der Waals surface area contributed by atoms with Crippen LogP contribution in [0, 0.1) is 0 Å². The fourth-order valence-electron chi connectivity index (χ4n) is 2.48. The number of piperidine rings is 1. The Hall–Kier alpha value is -1.83. The lowest BCUT2D eigenvalue weighted by molar-refractivity contribution is -0.137. The van der Waals surface area contributed by atoms with Crippen LogP contribution in [0.5, 0.6) is 0 Å². The molecule has 0 radical (unpaired) electrons. The molecule has 1 amide bonds. The third-order valence-corrected chi connectivity index (χ3v) is 3.52. The Balaban J connectivity index is 1.98. The Kier molecular flexibility index (Phi) is 5.23. The fraction of sp³-hybridized carbons (Fsp3) is 0.571. The maximum atomic E-state index is 12.5. The number of alkyl halides is 3. The van der Waals surface area contributed by atoms with Crippen molar-refractivity contribution < 1.29 is 18.0 Å². The summed E-state index contributed by atoms with van der Waals surface area (Å²) in [7, 11) is 1.69. The highest BCUT2D eigenvalue weighted by molar-refractivity contribution is 5.78. The number of amides is 1. The van der Waals surface area contributed by atoms with Gasteiger partial charge in [0.15, 0.2) is 0 Å². The molecule has 1 aliphatic rings. The van der Waals surface area contributed by atoms with Gasteiger partial charge in [0.2, 0.25) is 5.91 Å². The Morgan fingerprint density at radius 1 is 1.45 bits per heavy atom. The summed E-state index contributed by atoms with van der Waals surface area (Å²) in [5.41, 5.74) is -0.757. The molecule has 0 bridgehead atoms. The fourth-order valence-corrected chi connectivity index (χ4v) is 2.48. The Morgan fingerprint density at radius 2 is 2.23 bits per heavy atom. The number of carbonyl (C=O) groups excluding carboxylic acids is 1. The minimum atomic E-state index is -4.38. The standard InChI is InChI=1S/C14H19F3N4O/c1-18-8-13(22)20-11-3-2-6-21(9-11)12-5-4-10(7-19-12)14(15,16)17/h4-5,7,11,18H,2-3,6,8-9H2,1H3,(H,20,22)/t11-/m1/s1. The van der Waals surface area contributed by atoms with Gasteiger partial charge in [0.05, 0.1) is 12.1 Å². The molecular formula is C14H19F3N4O. The molecule has 122 valence electrons. The van der Waals surface area contributed by atoms with Gasteiger partial charge in [0.25, 0.3) is 0 Å². The van der Waals surface area contributed by atoms with Crippen molar-refractivity contribution in [1.29, 1.82) is 0 Å². The van der Waals surface area contributed by atoms with E-state index in [9.17, 15) is 18.0 Å². The predicted octanol–water partition coefficient (Wildman–Crippen LogP) is 1.40. The smallest absolute Gasteiger partial charge is 0.355 e. The van der Waals surface area contributed by atoms with Gasteiger partial charge in [-0.05, 0) is 32.0 Å². The summed E-state index contributed by atoms with van der Waals surface area (Å²) in [5, 5.41) is 5.68. The van der Waals surface area contributed by atoms with Gasteiger partial charge >= 0.3 is 6.18 Å². The van der Waals surface area contributed by atoms with Crippen LogP contribution in [0.1, 0.15) is 18.4 Å². The summed E-state index contributed by atoms with van der Waals surface area (Å²) in [6.45, 7) is 1.51. The molecule has 1 aliphatic heterocycles. The Labute approximate surface area is 126 Å². The van der Waals surface area contributed by atoms with E-state index >= 15 is 0 Å². The number of hydrogen-bond acceptors (Lipinski definition) is 4. The highest BCUT2D eigenvalue weighted by Crippen LogP contribution is 2.29. The third kappa shape index (κ3) is 4.33. The van der Waals surface area contributed by atoms with Crippen molar-refractivity contribution >= 4 is 11.7 Å². The van der Waals surface area contributed by atoms with E-state index in [0.717, 1.165) is 31.6 Å². The van der Waals surface area contributed by atoms with Crippen LogP contribution >= 0.6 is 0 Å². The highest BCUT2D eigenvalue weighted by atomic mass is 19.4. The summed E-state index contributed by atoms with van der Waals surface area (Å²) in [4.78, 5) is 17.4. The lowest BCUT2D eigenvalue weighted by atomic mass is 10.1. The van der Waals surface area contributed by atoms with Crippen molar-refractivity contribution in [3.8, 4) is 0 Å². The molecule has 0 aliphatic carbocycles. The van der Waals surface area contributed by atoms with E-state index in [4.69, 9.17) is 0 Å². The quantitative estimate of drug-likeness (QED) is 0.882. The second-order valence-electron chi connectivity index (χ2n) is 5.29. The molecule has 22 heavy (non-hydrogen) atoms. The molecule has 1 atom stereocenters. The second-order valence-corrected chi connectivity index (χ2v) is 5.29. The van der Waals surface area contributed by atoms with Crippen LogP contribution in [0.25, 0.3) is 0 Å². The maximum Gasteiger partial charge on any atom is 0.417 e. The van der Waals surface area contributed by atoms with E-state index in [-0.39, 0.29) is 18.5 Å². The van der Waals surface area contributed by atoms with E-state index in [1.54, 1.807) is 7.05 Å². The molecular weight excluding hydrogens is 297 g/mol. The zero-order valence-corrected chi connectivity index (χ0v) is 12.3. The molecule has 0 spiro atoms. The van der Waals surface area contributed by atoms with Crippen molar-refractivity contribution in [3.63, 3.8) is 0 Å². The minimum absolute atomic E-state index is 0.0151. The van der Waals surface area contributed by atoms with Crippen LogP contribution in [0.3, 0.4) is 0 Å². The lowest BCUT2D eigenvalue weighted by Crippen LogP contribution is -2.49. The van der Waals surface area contributed by atoms with Crippen molar-refractivity contribution in [3.05, 3.63) is 23.9 Å². The van der Waals surface area contributed by atoms with E-state index in [2.05, 4.69) is 15.6 Å². The van der Waals surface area contributed by atoms with Crippen LogP contribution in [0.2, 0.25) is 0 Å². The SMILES string of the molecule is CNCC(=O)N[C@@H]1CCCN(c2ccc(C(F)(F)F)cn2)C1. The molecule has 8 heteroatoms. The zero-order chi connectivity index (χ0) is 16.2. The van der Waals surface area contributed by atoms with Gasteiger partial charge in [-0.3, -0.25) is 4.79 Å². The first-order valence-electron chi connectivity index (χ1n) is 7.12.